The molecule has 1 amide bonds. The number of benzene rings is 1. The van der Waals surface area contributed by atoms with Crippen molar-refractivity contribution in [2.24, 2.45) is 0 Å². The molecular formula is C15H20N2O4S. The number of carbonyl (C=O) groups excluding carboxylic acids is 1. The fourth-order valence-electron chi connectivity index (χ4n) is 3.10. The second-order valence-electron chi connectivity index (χ2n) is 5.83. The first kappa shape index (κ1) is 15.3. The third kappa shape index (κ3) is 3.10. The fourth-order valence-corrected chi connectivity index (χ4v) is 4.22. The lowest BCUT2D eigenvalue weighted by atomic mass is 10.1. The molecule has 2 atom stereocenters. The van der Waals surface area contributed by atoms with E-state index in [1.807, 2.05) is 24.3 Å². The van der Waals surface area contributed by atoms with Crippen molar-refractivity contribution in [2.75, 3.05) is 19.3 Å². The fraction of sp³-hybridized carbons (Fsp3) is 0.533. The predicted molar refractivity (Wildman–Crippen MR) is 82.1 cm³/mol. The van der Waals surface area contributed by atoms with Crippen LogP contribution in [0.2, 0.25) is 0 Å². The van der Waals surface area contributed by atoms with Crippen LogP contribution in [-0.4, -0.2) is 50.1 Å². The molecule has 0 aliphatic carbocycles. The number of carbonyl (C=O) groups is 1. The zero-order chi connectivity index (χ0) is 15.7. The van der Waals surface area contributed by atoms with Crippen LogP contribution in [0.3, 0.4) is 0 Å². The molecule has 0 aromatic heterocycles. The summed E-state index contributed by atoms with van der Waals surface area (Å²) >= 11 is 0. The molecule has 1 N–H and O–H groups in total. The lowest BCUT2D eigenvalue weighted by Crippen LogP contribution is -2.47. The monoisotopic (exact) mass is 324 g/mol. The standard InChI is InChI=1S/C15H20N2O4S/c1-22(19,20)17-8-4-6-13(17)15(18)16-10-12-9-11-5-2-3-7-14(11)21-12/h2-3,5,7,12-13H,4,6,8-10H2,1H3,(H,16,18)/t12-,13-/m0/s1. The van der Waals surface area contributed by atoms with E-state index in [2.05, 4.69) is 5.32 Å². The Morgan fingerprint density at radius 3 is 2.91 bits per heavy atom. The molecule has 2 aliphatic rings. The summed E-state index contributed by atoms with van der Waals surface area (Å²) in [6, 6.07) is 7.23. The van der Waals surface area contributed by atoms with E-state index in [1.54, 1.807) is 0 Å². The summed E-state index contributed by atoms with van der Waals surface area (Å²) in [7, 11) is -3.34. The Balaban J connectivity index is 1.55. The Morgan fingerprint density at radius 1 is 1.41 bits per heavy atom. The number of rotatable bonds is 4. The molecule has 1 aromatic rings. The maximum absolute atomic E-state index is 12.3. The third-order valence-corrected chi connectivity index (χ3v) is 5.44. The molecule has 1 aromatic carbocycles. The lowest BCUT2D eigenvalue weighted by Gasteiger charge is -2.22. The van der Waals surface area contributed by atoms with Crippen molar-refractivity contribution in [3.63, 3.8) is 0 Å². The minimum absolute atomic E-state index is 0.0885. The molecule has 2 heterocycles. The van der Waals surface area contributed by atoms with Crippen LogP contribution >= 0.6 is 0 Å². The number of hydrogen-bond donors (Lipinski definition) is 1. The van der Waals surface area contributed by atoms with Crippen LogP contribution in [0, 0.1) is 0 Å². The average Bonchev–Trinajstić information content (AvgIpc) is 3.10. The highest BCUT2D eigenvalue weighted by atomic mass is 32.2. The van der Waals surface area contributed by atoms with Gasteiger partial charge in [0, 0.05) is 13.0 Å². The Labute approximate surface area is 130 Å². The highest BCUT2D eigenvalue weighted by Gasteiger charge is 2.36. The van der Waals surface area contributed by atoms with Gasteiger partial charge in [0.15, 0.2) is 0 Å². The van der Waals surface area contributed by atoms with Gasteiger partial charge in [0.25, 0.3) is 0 Å². The predicted octanol–water partition coefficient (Wildman–Crippen LogP) is 0.530. The molecule has 3 rings (SSSR count). The van der Waals surface area contributed by atoms with Gasteiger partial charge in [-0.2, -0.15) is 4.31 Å². The van der Waals surface area contributed by atoms with E-state index < -0.39 is 16.1 Å². The first-order valence-corrected chi connectivity index (χ1v) is 9.29. The number of ether oxygens (including phenoxy) is 1. The number of amides is 1. The molecule has 0 saturated carbocycles. The van der Waals surface area contributed by atoms with Gasteiger partial charge in [0.2, 0.25) is 15.9 Å². The summed E-state index contributed by atoms with van der Waals surface area (Å²) in [4.78, 5) is 12.3. The van der Waals surface area contributed by atoms with Gasteiger partial charge in [-0.3, -0.25) is 4.79 Å². The molecule has 2 aliphatic heterocycles. The first-order chi connectivity index (χ1) is 10.4. The third-order valence-electron chi connectivity index (χ3n) is 4.15. The SMILES string of the molecule is CS(=O)(=O)N1CCC[C@H]1C(=O)NC[C@@H]1Cc2ccccc2O1. The van der Waals surface area contributed by atoms with Gasteiger partial charge in [-0.15, -0.1) is 0 Å². The summed E-state index contributed by atoms with van der Waals surface area (Å²) in [6.07, 6.45) is 3.11. The largest absolute Gasteiger partial charge is 0.488 e. The summed E-state index contributed by atoms with van der Waals surface area (Å²) in [5.41, 5.74) is 1.14. The molecule has 1 fully saturated rings. The average molecular weight is 324 g/mol. The van der Waals surface area contributed by atoms with Crippen molar-refractivity contribution >= 4 is 15.9 Å². The minimum atomic E-state index is -3.34. The zero-order valence-electron chi connectivity index (χ0n) is 12.5. The van der Waals surface area contributed by atoms with Crippen LogP contribution in [0.4, 0.5) is 0 Å². The molecule has 0 bridgehead atoms. The van der Waals surface area contributed by atoms with E-state index in [0.29, 0.717) is 19.5 Å². The van der Waals surface area contributed by atoms with Gasteiger partial charge in [0.1, 0.15) is 17.9 Å². The van der Waals surface area contributed by atoms with Gasteiger partial charge in [-0.25, -0.2) is 8.42 Å². The van der Waals surface area contributed by atoms with Crippen LogP contribution in [0.1, 0.15) is 18.4 Å². The maximum Gasteiger partial charge on any atom is 0.238 e. The van der Waals surface area contributed by atoms with Crippen LogP contribution in [0.5, 0.6) is 5.75 Å². The van der Waals surface area contributed by atoms with E-state index in [4.69, 9.17) is 4.74 Å². The normalized spacial score (nSPS) is 24.8. The topological polar surface area (TPSA) is 75.7 Å². The Hall–Kier alpha value is -1.60. The van der Waals surface area contributed by atoms with Gasteiger partial charge in [-0.05, 0) is 24.5 Å². The highest BCUT2D eigenvalue weighted by Crippen LogP contribution is 2.28. The smallest absolute Gasteiger partial charge is 0.238 e. The van der Waals surface area contributed by atoms with Crippen molar-refractivity contribution in [3.05, 3.63) is 29.8 Å². The Morgan fingerprint density at radius 2 is 2.18 bits per heavy atom. The summed E-state index contributed by atoms with van der Waals surface area (Å²) in [5, 5.41) is 2.83. The van der Waals surface area contributed by atoms with Crippen molar-refractivity contribution < 1.29 is 17.9 Å². The van der Waals surface area contributed by atoms with Crippen LogP contribution < -0.4 is 10.1 Å². The van der Waals surface area contributed by atoms with Crippen molar-refractivity contribution in [1.29, 1.82) is 0 Å². The number of nitrogens with one attached hydrogen (secondary N) is 1. The van der Waals surface area contributed by atoms with E-state index in [1.165, 1.54) is 4.31 Å². The van der Waals surface area contributed by atoms with Gasteiger partial charge in [0.05, 0.1) is 12.8 Å². The van der Waals surface area contributed by atoms with Crippen molar-refractivity contribution in [2.45, 2.75) is 31.4 Å². The molecular weight excluding hydrogens is 304 g/mol. The van der Waals surface area contributed by atoms with E-state index >= 15 is 0 Å². The lowest BCUT2D eigenvalue weighted by molar-refractivity contribution is -0.124. The molecule has 7 heteroatoms. The number of para-hydroxylation sites is 1. The minimum Gasteiger partial charge on any atom is -0.488 e. The maximum atomic E-state index is 12.3. The number of sulfonamides is 1. The molecule has 0 spiro atoms. The Kier molecular flexibility index (Phi) is 4.10. The molecule has 120 valence electrons. The quantitative estimate of drug-likeness (QED) is 0.877. The first-order valence-electron chi connectivity index (χ1n) is 7.44. The Bertz CT molecular complexity index is 649. The van der Waals surface area contributed by atoms with Gasteiger partial charge < -0.3 is 10.1 Å². The molecule has 22 heavy (non-hydrogen) atoms. The second kappa shape index (κ2) is 5.89. The van der Waals surface area contributed by atoms with Crippen LogP contribution in [0.25, 0.3) is 0 Å². The van der Waals surface area contributed by atoms with E-state index in [-0.39, 0.29) is 12.0 Å². The molecule has 0 unspecified atom stereocenters. The second-order valence-corrected chi connectivity index (χ2v) is 7.76. The van der Waals surface area contributed by atoms with E-state index in [9.17, 15) is 13.2 Å². The summed E-state index contributed by atoms with van der Waals surface area (Å²) < 4.78 is 30.4. The van der Waals surface area contributed by atoms with Crippen molar-refractivity contribution in [1.82, 2.24) is 9.62 Å². The number of hydrogen-bond acceptors (Lipinski definition) is 4. The van der Waals surface area contributed by atoms with Crippen molar-refractivity contribution in [3.8, 4) is 5.75 Å². The zero-order valence-corrected chi connectivity index (χ0v) is 13.3. The van der Waals surface area contributed by atoms with Gasteiger partial charge >= 0.3 is 0 Å². The molecule has 1 saturated heterocycles. The highest BCUT2D eigenvalue weighted by molar-refractivity contribution is 7.88. The molecule has 6 nitrogen and oxygen atoms in total. The van der Waals surface area contributed by atoms with E-state index in [0.717, 1.165) is 30.4 Å². The number of nitrogens with zero attached hydrogens (tertiary/aromatic N) is 1. The summed E-state index contributed by atoms with van der Waals surface area (Å²) in [5.74, 6) is 0.628. The van der Waals surface area contributed by atoms with Crippen LogP contribution in [-0.2, 0) is 21.2 Å². The van der Waals surface area contributed by atoms with Gasteiger partial charge in [-0.1, -0.05) is 18.2 Å². The van der Waals surface area contributed by atoms with Crippen LogP contribution in [0.15, 0.2) is 24.3 Å². The molecule has 0 radical (unpaired) electrons. The number of fused-ring (bicyclic) bond motifs is 1. The summed E-state index contributed by atoms with van der Waals surface area (Å²) in [6.45, 7) is 0.809.